The molecule has 1 N–H and O–H groups in total. The van der Waals surface area contributed by atoms with Crippen molar-refractivity contribution in [3.63, 3.8) is 0 Å². The number of anilines is 1. The Morgan fingerprint density at radius 1 is 1.25 bits per heavy atom. The molecule has 2 rings (SSSR count). The molecule has 0 spiro atoms. The Bertz CT molecular complexity index is 403. The van der Waals surface area contributed by atoms with Crippen molar-refractivity contribution in [2.75, 3.05) is 18.0 Å². The van der Waals surface area contributed by atoms with Crippen LogP contribution in [-0.4, -0.2) is 29.3 Å². The standard InChI is InChI=1S/C16H28N4/c1-5-8-17-10-15-6-7-16(19-18-15)20-11-12(2)9-13(3)14(20)4/h6-7,12-14,17H,5,8-11H2,1-4H3. The second kappa shape index (κ2) is 7.02. The number of nitrogens with one attached hydrogen (secondary N) is 1. The highest BCUT2D eigenvalue weighted by Gasteiger charge is 2.29. The van der Waals surface area contributed by atoms with Crippen LogP contribution in [0.5, 0.6) is 0 Å². The summed E-state index contributed by atoms with van der Waals surface area (Å²) < 4.78 is 0. The maximum absolute atomic E-state index is 4.44. The van der Waals surface area contributed by atoms with Gasteiger partial charge in [-0.2, -0.15) is 5.10 Å². The van der Waals surface area contributed by atoms with Crippen LogP contribution in [0.1, 0.15) is 46.2 Å². The Kier molecular flexibility index (Phi) is 5.35. The van der Waals surface area contributed by atoms with E-state index in [9.17, 15) is 0 Å². The van der Waals surface area contributed by atoms with Gasteiger partial charge in [0.2, 0.25) is 0 Å². The van der Waals surface area contributed by atoms with E-state index in [2.05, 4.69) is 60.2 Å². The summed E-state index contributed by atoms with van der Waals surface area (Å²) in [5, 5.41) is 12.1. The molecule has 4 heteroatoms. The predicted octanol–water partition coefficient (Wildman–Crippen LogP) is 2.85. The average Bonchev–Trinajstić information content (AvgIpc) is 2.44. The molecule has 4 nitrogen and oxygen atoms in total. The lowest BCUT2D eigenvalue weighted by molar-refractivity contribution is 0.295. The zero-order valence-electron chi connectivity index (χ0n) is 13.3. The van der Waals surface area contributed by atoms with Gasteiger partial charge in [-0.25, -0.2) is 0 Å². The molecule has 0 bridgehead atoms. The summed E-state index contributed by atoms with van der Waals surface area (Å²) in [6.07, 6.45) is 2.46. The number of nitrogens with zero attached hydrogens (tertiary/aromatic N) is 3. The van der Waals surface area contributed by atoms with Crippen LogP contribution in [0.4, 0.5) is 5.82 Å². The van der Waals surface area contributed by atoms with Gasteiger partial charge in [-0.3, -0.25) is 0 Å². The molecule has 1 aromatic rings. The molecule has 3 unspecified atom stereocenters. The molecule has 1 fully saturated rings. The highest BCUT2D eigenvalue weighted by atomic mass is 15.3. The molecule has 1 aliphatic rings. The fourth-order valence-corrected chi connectivity index (χ4v) is 3.01. The second-order valence-corrected chi connectivity index (χ2v) is 6.27. The van der Waals surface area contributed by atoms with Crippen LogP contribution in [-0.2, 0) is 6.54 Å². The largest absolute Gasteiger partial charge is 0.352 e. The molecule has 0 saturated carbocycles. The smallest absolute Gasteiger partial charge is 0.151 e. The van der Waals surface area contributed by atoms with Gasteiger partial charge in [0, 0.05) is 19.1 Å². The Morgan fingerprint density at radius 3 is 2.70 bits per heavy atom. The highest BCUT2D eigenvalue weighted by Crippen LogP contribution is 2.29. The topological polar surface area (TPSA) is 41.0 Å². The van der Waals surface area contributed by atoms with Gasteiger partial charge < -0.3 is 10.2 Å². The minimum atomic E-state index is 0.546. The fraction of sp³-hybridized carbons (Fsp3) is 0.750. The maximum Gasteiger partial charge on any atom is 0.151 e. The fourth-order valence-electron chi connectivity index (χ4n) is 3.01. The first kappa shape index (κ1) is 15.2. The van der Waals surface area contributed by atoms with Crippen LogP contribution in [0.3, 0.4) is 0 Å². The van der Waals surface area contributed by atoms with E-state index in [1.807, 2.05) is 0 Å². The van der Waals surface area contributed by atoms with Crippen molar-refractivity contribution in [1.29, 1.82) is 0 Å². The molecule has 2 heterocycles. The van der Waals surface area contributed by atoms with Gasteiger partial charge in [0.05, 0.1) is 5.69 Å². The SMILES string of the molecule is CCCNCc1ccc(N2CC(C)CC(C)C2C)nn1. The first-order valence-corrected chi connectivity index (χ1v) is 7.91. The van der Waals surface area contributed by atoms with E-state index in [4.69, 9.17) is 0 Å². The lowest BCUT2D eigenvalue weighted by atomic mass is 9.86. The molecular weight excluding hydrogens is 248 g/mol. The summed E-state index contributed by atoms with van der Waals surface area (Å²) in [4.78, 5) is 2.41. The third-order valence-electron chi connectivity index (χ3n) is 4.33. The van der Waals surface area contributed by atoms with Crippen LogP contribution < -0.4 is 10.2 Å². The zero-order valence-corrected chi connectivity index (χ0v) is 13.3. The molecule has 0 aromatic carbocycles. The Labute approximate surface area is 123 Å². The summed E-state index contributed by atoms with van der Waals surface area (Å²) >= 11 is 0. The molecule has 1 saturated heterocycles. The minimum Gasteiger partial charge on any atom is -0.352 e. The van der Waals surface area contributed by atoms with Gasteiger partial charge in [-0.05, 0) is 50.3 Å². The maximum atomic E-state index is 4.44. The summed E-state index contributed by atoms with van der Waals surface area (Å²) in [6.45, 7) is 12.1. The van der Waals surface area contributed by atoms with E-state index in [0.29, 0.717) is 12.0 Å². The molecule has 1 aromatic heterocycles. The van der Waals surface area contributed by atoms with E-state index in [-0.39, 0.29) is 0 Å². The number of hydrogen-bond acceptors (Lipinski definition) is 4. The van der Waals surface area contributed by atoms with E-state index in [0.717, 1.165) is 43.5 Å². The molecule has 20 heavy (non-hydrogen) atoms. The first-order chi connectivity index (χ1) is 9.61. The number of aromatic nitrogens is 2. The van der Waals surface area contributed by atoms with Crippen molar-refractivity contribution in [3.8, 4) is 0 Å². The van der Waals surface area contributed by atoms with Crippen LogP contribution in [0.25, 0.3) is 0 Å². The highest BCUT2D eigenvalue weighted by molar-refractivity contribution is 5.39. The van der Waals surface area contributed by atoms with Crippen molar-refractivity contribution in [3.05, 3.63) is 17.8 Å². The lowest BCUT2D eigenvalue weighted by Crippen LogP contribution is -2.46. The Morgan fingerprint density at radius 2 is 2.05 bits per heavy atom. The van der Waals surface area contributed by atoms with Crippen molar-refractivity contribution < 1.29 is 0 Å². The molecule has 0 amide bonds. The Balaban J connectivity index is 2.01. The van der Waals surface area contributed by atoms with Gasteiger partial charge in [-0.15, -0.1) is 5.10 Å². The first-order valence-electron chi connectivity index (χ1n) is 7.91. The predicted molar refractivity (Wildman–Crippen MR) is 83.8 cm³/mol. The molecule has 1 aliphatic heterocycles. The van der Waals surface area contributed by atoms with Crippen LogP contribution in [0.15, 0.2) is 12.1 Å². The van der Waals surface area contributed by atoms with Crippen LogP contribution in [0.2, 0.25) is 0 Å². The number of piperidine rings is 1. The summed E-state index contributed by atoms with van der Waals surface area (Å²) in [5.41, 5.74) is 1.02. The van der Waals surface area contributed by atoms with E-state index >= 15 is 0 Å². The third kappa shape index (κ3) is 3.69. The monoisotopic (exact) mass is 276 g/mol. The molecule has 0 radical (unpaired) electrons. The van der Waals surface area contributed by atoms with Crippen LogP contribution >= 0.6 is 0 Å². The van der Waals surface area contributed by atoms with Crippen molar-refractivity contribution >= 4 is 5.82 Å². The summed E-state index contributed by atoms with van der Waals surface area (Å²) in [5.74, 6) is 2.47. The van der Waals surface area contributed by atoms with E-state index < -0.39 is 0 Å². The van der Waals surface area contributed by atoms with E-state index in [1.165, 1.54) is 6.42 Å². The summed E-state index contributed by atoms with van der Waals surface area (Å²) in [7, 11) is 0. The van der Waals surface area contributed by atoms with Crippen LogP contribution in [0, 0.1) is 11.8 Å². The average molecular weight is 276 g/mol. The van der Waals surface area contributed by atoms with Crippen molar-refractivity contribution in [1.82, 2.24) is 15.5 Å². The second-order valence-electron chi connectivity index (χ2n) is 6.27. The normalized spacial score (nSPS) is 26.8. The van der Waals surface area contributed by atoms with Crippen molar-refractivity contribution in [2.24, 2.45) is 11.8 Å². The lowest BCUT2D eigenvalue weighted by Gasteiger charge is -2.41. The summed E-state index contributed by atoms with van der Waals surface area (Å²) in [6, 6.07) is 4.77. The molecular formula is C16H28N4. The van der Waals surface area contributed by atoms with Crippen molar-refractivity contribution in [2.45, 2.75) is 53.1 Å². The molecule has 0 aliphatic carbocycles. The minimum absolute atomic E-state index is 0.546. The Hall–Kier alpha value is -1.16. The van der Waals surface area contributed by atoms with E-state index in [1.54, 1.807) is 0 Å². The third-order valence-corrected chi connectivity index (χ3v) is 4.33. The quantitative estimate of drug-likeness (QED) is 0.840. The number of rotatable bonds is 5. The van der Waals surface area contributed by atoms with Gasteiger partial charge in [0.1, 0.15) is 0 Å². The van der Waals surface area contributed by atoms with Gasteiger partial charge in [0.15, 0.2) is 5.82 Å². The molecule has 112 valence electrons. The van der Waals surface area contributed by atoms with Gasteiger partial charge >= 0.3 is 0 Å². The molecule has 3 atom stereocenters. The number of hydrogen-bond donors (Lipinski definition) is 1. The van der Waals surface area contributed by atoms with Gasteiger partial charge in [0.25, 0.3) is 0 Å². The van der Waals surface area contributed by atoms with Gasteiger partial charge in [-0.1, -0.05) is 20.8 Å². The zero-order chi connectivity index (χ0) is 14.5.